The van der Waals surface area contributed by atoms with Gasteiger partial charge in [0.15, 0.2) is 18.0 Å². The smallest absolute Gasteiger partial charge is 0.305 e. The van der Waals surface area contributed by atoms with Crippen LogP contribution < -0.4 is 10.5 Å². The molecule has 34 heavy (non-hydrogen) atoms. The molecule has 1 aromatic rings. The molecule has 1 amide bonds. The van der Waals surface area contributed by atoms with Crippen molar-refractivity contribution in [2.45, 2.75) is 58.3 Å². The number of hydrogen-bond donors (Lipinski definition) is 2. The van der Waals surface area contributed by atoms with E-state index in [1.54, 1.807) is 0 Å². The van der Waals surface area contributed by atoms with Gasteiger partial charge in [-0.05, 0) is 6.07 Å². The second kappa shape index (κ2) is 11.4. The average Bonchev–Trinajstić information content (AvgIpc) is 3.20. The van der Waals surface area contributed by atoms with Crippen molar-refractivity contribution < 1.29 is 57.3 Å². The van der Waals surface area contributed by atoms with Crippen molar-refractivity contribution in [1.29, 1.82) is 0 Å². The minimum absolute atomic E-state index is 0.445. The van der Waals surface area contributed by atoms with E-state index >= 15 is 0 Å². The van der Waals surface area contributed by atoms with Crippen molar-refractivity contribution in [2.24, 2.45) is 0 Å². The topological polar surface area (TPSA) is 203 Å². The zero-order valence-electron chi connectivity index (χ0n) is 18.5. The Labute approximate surface area is 192 Å². The van der Waals surface area contributed by atoms with E-state index in [1.807, 2.05) is 0 Å². The third-order valence-corrected chi connectivity index (χ3v) is 4.29. The van der Waals surface area contributed by atoms with Crippen molar-refractivity contribution in [1.82, 2.24) is 5.32 Å². The molecular weight excluding hydrogens is 464 g/mol. The molecule has 1 saturated heterocycles. The van der Waals surface area contributed by atoms with E-state index in [4.69, 9.17) is 33.3 Å². The highest BCUT2D eigenvalue weighted by Gasteiger charge is 2.52. The van der Waals surface area contributed by atoms with Gasteiger partial charge in [0.25, 0.3) is 5.91 Å². The summed E-state index contributed by atoms with van der Waals surface area (Å²) in [5.74, 6) is -5.24. The maximum absolute atomic E-state index is 12.7. The summed E-state index contributed by atoms with van der Waals surface area (Å²) in [7, 11) is 0. The largest absolute Gasteiger partial charge is 0.731 e. The zero-order valence-corrected chi connectivity index (χ0v) is 18.5. The van der Waals surface area contributed by atoms with Gasteiger partial charge in [0.2, 0.25) is 12.2 Å². The number of nitrogens with one attached hydrogen (secondary N) is 1. The second-order valence-electron chi connectivity index (χ2n) is 7.01. The van der Waals surface area contributed by atoms with Crippen LogP contribution in [-0.2, 0) is 42.9 Å². The van der Waals surface area contributed by atoms with Crippen LogP contribution in [0.4, 0.5) is 5.88 Å². The molecule has 15 nitrogen and oxygen atoms in total. The zero-order chi connectivity index (χ0) is 25.6. The number of esters is 4. The summed E-state index contributed by atoms with van der Waals surface area (Å²) in [5.41, 5.74) is 0. The lowest BCUT2D eigenvalue weighted by molar-refractivity contribution is -0.270. The Bertz CT molecular complexity index is 927. The lowest BCUT2D eigenvalue weighted by Crippen LogP contribution is -2.67. The van der Waals surface area contributed by atoms with Gasteiger partial charge in [0, 0.05) is 33.8 Å². The van der Waals surface area contributed by atoms with E-state index in [2.05, 4.69) is 5.32 Å². The predicted molar refractivity (Wildman–Crippen MR) is 106 cm³/mol. The molecule has 0 aliphatic carbocycles. The van der Waals surface area contributed by atoms with Crippen LogP contribution in [0.2, 0.25) is 0 Å². The molecule has 0 radical (unpaired) electrons. The summed E-state index contributed by atoms with van der Waals surface area (Å²) in [4.78, 5) is 59.2. The van der Waals surface area contributed by atoms with Crippen molar-refractivity contribution >= 4 is 35.7 Å². The van der Waals surface area contributed by atoms with E-state index in [1.165, 1.54) is 0 Å². The molecule has 0 saturated carbocycles. The third kappa shape index (κ3) is 7.16. The molecule has 2 heterocycles. The van der Waals surface area contributed by atoms with E-state index in [9.17, 15) is 29.2 Å². The Morgan fingerprint density at radius 2 is 1.56 bits per heavy atom. The third-order valence-electron chi connectivity index (χ3n) is 4.29. The fourth-order valence-electron chi connectivity index (χ4n) is 3.10. The fraction of sp³-hybridized carbons (Fsp3) is 0.526. The molecule has 0 aromatic carbocycles. The first-order valence-corrected chi connectivity index (χ1v) is 9.76. The van der Waals surface area contributed by atoms with Crippen LogP contribution in [0.15, 0.2) is 16.5 Å². The van der Waals surface area contributed by atoms with Gasteiger partial charge in [-0.1, -0.05) is 0 Å². The van der Waals surface area contributed by atoms with Crippen LogP contribution in [0.3, 0.4) is 0 Å². The minimum atomic E-state index is -1.60. The fourth-order valence-corrected chi connectivity index (χ4v) is 3.10. The number of nitrogens with zero attached hydrogens (tertiary/aromatic N) is 1. The molecule has 0 spiro atoms. The Morgan fingerprint density at radius 3 is 2.06 bits per heavy atom. The van der Waals surface area contributed by atoms with Crippen LogP contribution in [0, 0.1) is 5.21 Å². The molecule has 1 aliphatic heterocycles. The lowest BCUT2D eigenvalue weighted by atomic mass is 9.96. The Balaban J connectivity index is 2.43. The second-order valence-corrected chi connectivity index (χ2v) is 7.01. The molecule has 2 N–H and O–H groups in total. The van der Waals surface area contributed by atoms with E-state index in [-0.39, 0.29) is 0 Å². The highest BCUT2D eigenvalue weighted by molar-refractivity contribution is 5.92. The summed E-state index contributed by atoms with van der Waals surface area (Å²) >= 11 is 0. The SMILES string of the molecule is CC(=O)OC[C@H]1O[C@@H](OC(C)=O)[C@@H](NC(=O)c2ccc(N([O-])O)o2)[C@@H](OC(C)=O)[C@@H]1OC(C)=O. The van der Waals surface area contributed by atoms with Gasteiger partial charge in [0.05, 0.1) is 0 Å². The van der Waals surface area contributed by atoms with Crippen LogP contribution in [-0.4, -0.2) is 72.2 Å². The van der Waals surface area contributed by atoms with Gasteiger partial charge >= 0.3 is 23.9 Å². The minimum Gasteiger partial charge on any atom is -0.731 e. The van der Waals surface area contributed by atoms with Crippen molar-refractivity contribution in [3.63, 3.8) is 0 Å². The Kier molecular flexibility index (Phi) is 8.94. The quantitative estimate of drug-likeness (QED) is 0.277. The van der Waals surface area contributed by atoms with Crippen molar-refractivity contribution in [3.8, 4) is 0 Å². The number of furan rings is 1. The number of rotatable bonds is 8. The van der Waals surface area contributed by atoms with Gasteiger partial charge in [-0.2, -0.15) is 0 Å². The molecule has 0 bridgehead atoms. The van der Waals surface area contributed by atoms with Crippen molar-refractivity contribution in [2.75, 3.05) is 11.8 Å². The maximum Gasteiger partial charge on any atom is 0.305 e. The molecule has 188 valence electrons. The summed E-state index contributed by atoms with van der Waals surface area (Å²) < 4.78 is 31.1. The van der Waals surface area contributed by atoms with Gasteiger partial charge < -0.3 is 38.6 Å². The van der Waals surface area contributed by atoms with Gasteiger partial charge in [0.1, 0.15) is 18.8 Å². The molecule has 15 heteroatoms. The summed E-state index contributed by atoms with van der Waals surface area (Å²) in [6.45, 7) is 3.80. The first-order chi connectivity index (χ1) is 15.9. The van der Waals surface area contributed by atoms with Crippen LogP contribution in [0.1, 0.15) is 38.2 Å². The first-order valence-electron chi connectivity index (χ1n) is 9.76. The molecule has 0 unspecified atom stereocenters. The number of hydrogen-bond acceptors (Lipinski definition) is 14. The molecule has 1 fully saturated rings. The van der Waals surface area contributed by atoms with Crippen LogP contribution in [0.5, 0.6) is 0 Å². The Hall–Kier alpha value is -3.69. The number of amides is 1. The summed E-state index contributed by atoms with van der Waals surface area (Å²) in [5, 5.41) is 21.6. The lowest BCUT2D eigenvalue weighted by Gasteiger charge is -2.44. The van der Waals surface area contributed by atoms with E-state index in [0.29, 0.717) is 0 Å². The number of carbonyl (C=O) groups is 5. The molecule has 1 aliphatic rings. The number of carbonyl (C=O) groups excluding carboxylic acids is 5. The van der Waals surface area contributed by atoms with Crippen LogP contribution >= 0.6 is 0 Å². The van der Waals surface area contributed by atoms with Crippen LogP contribution in [0.25, 0.3) is 0 Å². The van der Waals surface area contributed by atoms with E-state index in [0.717, 1.165) is 39.8 Å². The molecule has 5 atom stereocenters. The highest BCUT2D eigenvalue weighted by atomic mass is 16.8. The average molecular weight is 487 g/mol. The number of anilines is 1. The van der Waals surface area contributed by atoms with Gasteiger partial charge in [-0.15, -0.1) is 0 Å². The van der Waals surface area contributed by atoms with Gasteiger partial charge in [-0.3, -0.25) is 34.4 Å². The molecular formula is C19H23N2O13-. The predicted octanol–water partition coefficient (Wildman–Crippen LogP) is -0.214. The highest BCUT2D eigenvalue weighted by Crippen LogP contribution is 2.28. The monoisotopic (exact) mass is 487 g/mol. The molecule has 2 rings (SSSR count). The van der Waals surface area contributed by atoms with E-state index < -0.39 is 83.9 Å². The first kappa shape index (κ1) is 26.6. The molecule has 1 aromatic heterocycles. The van der Waals surface area contributed by atoms with Crippen molar-refractivity contribution in [3.05, 3.63) is 23.1 Å². The Morgan fingerprint density at radius 1 is 0.971 bits per heavy atom. The summed E-state index contributed by atoms with van der Waals surface area (Å²) in [6.07, 6.45) is -5.73. The summed E-state index contributed by atoms with van der Waals surface area (Å²) in [6, 6.07) is 0.608. The van der Waals surface area contributed by atoms with Gasteiger partial charge in [-0.25, -0.2) is 0 Å². The number of ether oxygens (including phenoxy) is 5. The normalized spacial score (nSPS) is 23.9. The maximum atomic E-state index is 12.7. The standard InChI is InChI=1S/C19H23N2O13/c1-8(22)29-7-13-16(30-9(2)23)17(31-10(3)24)15(19(34-13)32-11(4)25)20-18(26)12-5-6-14(33-12)21(27)28/h5-6,13,15-17,19,27H,7H2,1-4H3,(H,20,26)/q-1/t13-,15+,16-,17-,19-/m1/s1.